The second-order valence-corrected chi connectivity index (χ2v) is 6.11. The Kier molecular flexibility index (Phi) is 3.94. The number of aromatic hydroxyl groups is 1. The number of piperazine rings is 1. The summed E-state index contributed by atoms with van der Waals surface area (Å²) in [4.78, 5) is 2.40. The first-order chi connectivity index (χ1) is 9.66. The van der Waals surface area contributed by atoms with Crippen molar-refractivity contribution in [2.24, 2.45) is 5.92 Å². The van der Waals surface area contributed by atoms with Crippen molar-refractivity contribution in [3.8, 4) is 5.75 Å². The number of halogens is 1. The van der Waals surface area contributed by atoms with Gasteiger partial charge in [0.1, 0.15) is 0 Å². The number of phenols is 1. The van der Waals surface area contributed by atoms with Crippen LogP contribution in [0.25, 0.3) is 0 Å². The molecule has 1 saturated carbocycles. The van der Waals surface area contributed by atoms with E-state index >= 15 is 0 Å². The fourth-order valence-corrected chi connectivity index (χ4v) is 3.22. The number of rotatable bonds is 4. The molecule has 1 aromatic rings. The van der Waals surface area contributed by atoms with Crippen LogP contribution in [0.1, 0.15) is 36.4 Å². The Morgan fingerprint density at radius 3 is 2.70 bits per heavy atom. The molecule has 0 radical (unpaired) electrons. The third kappa shape index (κ3) is 2.81. The van der Waals surface area contributed by atoms with Crippen molar-refractivity contribution in [2.45, 2.75) is 32.2 Å². The topological polar surface area (TPSA) is 35.5 Å². The summed E-state index contributed by atoms with van der Waals surface area (Å²) in [7, 11) is 0. The summed E-state index contributed by atoms with van der Waals surface area (Å²) in [6.07, 6.45) is 3.59. The van der Waals surface area contributed by atoms with Crippen LogP contribution in [0.4, 0.5) is 4.39 Å². The van der Waals surface area contributed by atoms with Gasteiger partial charge in [0, 0.05) is 37.8 Å². The molecule has 1 aliphatic carbocycles. The molecule has 2 N–H and O–H groups in total. The predicted molar refractivity (Wildman–Crippen MR) is 77.3 cm³/mol. The van der Waals surface area contributed by atoms with E-state index in [9.17, 15) is 9.50 Å². The molecule has 2 aliphatic rings. The largest absolute Gasteiger partial charge is 0.505 e. The molecule has 3 nitrogen and oxygen atoms in total. The minimum atomic E-state index is -0.499. The van der Waals surface area contributed by atoms with Gasteiger partial charge in [0.15, 0.2) is 11.6 Å². The summed E-state index contributed by atoms with van der Waals surface area (Å²) in [6, 6.07) is 3.30. The van der Waals surface area contributed by atoms with Gasteiger partial charge in [-0.3, -0.25) is 4.90 Å². The molecule has 3 rings (SSSR count). The molecule has 1 heterocycles. The smallest absolute Gasteiger partial charge is 0.165 e. The summed E-state index contributed by atoms with van der Waals surface area (Å²) in [6.45, 7) is 5.84. The van der Waals surface area contributed by atoms with Crippen LogP contribution in [0.5, 0.6) is 5.75 Å². The third-order valence-electron chi connectivity index (χ3n) is 4.56. The molecule has 0 bridgehead atoms. The van der Waals surface area contributed by atoms with Gasteiger partial charge in [-0.25, -0.2) is 4.39 Å². The van der Waals surface area contributed by atoms with Crippen LogP contribution < -0.4 is 5.32 Å². The fourth-order valence-electron chi connectivity index (χ4n) is 3.22. The highest BCUT2D eigenvalue weighted by atomic mass is 19.1. The van der Waals surface area contributed by atoms with Crippen LogP contribution in [0, 0.1) is 18.7 Å². The monoisotopic (exact) mass is 278 g/mol. The molecular formula is C16H23FN2O. The molecule has 20 heavy (non-hydrogen) atoms. The summed E-state index contributed by atoms with van der Waals surface area (Å²) in [5, 5.41) is 13.5. The number of hydrogen-bond acceptors (Lipinski definition) is 3. The van der Waals surface area contributed by atoms with Gasteiger partial charge in [-0.1, -0.05) is 18.9 Å². The van der Waals surface area contributed by atoms with Crippen LogP contribution in [-0.4, -0.2) is 36.2 Å². The molecule has 4 heteroatoms. The van der Waals surface area contributed by atoms with Crippen molar-refractivity contribution < 1.29 is 9.50 Å². The second kappa shape index (κ2) is 5.70. The van der Waals surface area contributed by atoms with Gasteiger partial charge in [-0.2, -0.15) is 0 Å². The van der Waals surface area contributed by atoms with Gasteiger partial charge in [0.25, 0.3) is 0 Å². The first-order valence-electron chi connectivity index (χ1n) is 7.59. The first-order valence-corrected chi connectivity index (χ1v) is 7.59. The summed E-state index contributed by atoms with van der Waals surface area (Å²) < 4.78 is 13.8. The zero-order valence-corrected chi connectivity index (χ0v) is 12.0. The fraction of sp³-hybridized carbons (Fsp3) is 0.625. The highest BCUT2D eigenvalue weighted by Gasteiger charge is 2.33. The Morgan fingerprint density at radius 2 is 2.05 bits per heavy atom. The van der Waals surface area contributed by atoms with E-state index in [1.807, 2.05) is 6.92 Å². The van der Waals surface area contributed by atoms with Crippen LogP contribution in [-0.2, 0) is 0 Å². The van der Waals surface area contributed by atoms with E-state index in [1.165, 1.54) is 18.9 Å². The molecule has 1 atom stereocenters. The lowest BCUT2D eigenvalue weighted by Crippen LogP contribution is -2.45. The van der Waals surface area contributed by atoms with E-state index in [1.54, 1.807) is 6.07 Å². The molecule has 0 unspecified atom stereocenters. The number of benzene rings is 1. The van der Waals surface area contributed by atoms with Crippen LogP contribution >= 0.6 is 0 Å². The molecular weight excluding hydrogens is 255 g/mol. The van der Waals surface area contributed by atoms with E-state index in [4.69, 9.17) is 0 Å². The summed E-state index contributed by atoms with van der Waals surface area (Å²) in [5.41, 5.74) is 1.80. The van der Waals surface area contributed by atoms with Gasteiger partial charge in [-0.05, 0) is 30.9 Å². The molecule has 1 aliphatic heterocycles. The van der Waals surface area contributed by atoms with E-state index in [0.717, 1.165) is 49.6 Å². The lowest BCUT2D eigenvalue weighted by atomic mass is 9.93. The molecule has 0 aromatic heterocycles. The highest BCUT2D eigenvalue weighted by molar-refractivity contribution is 5.42. The predicted octanol–water partition coefficient (Wildman–Crippen LogP) is 2.59. The number of phenolic OH excluding ortho intramolecular Hbond substituents is 1. The number of nitrogens with zero attached hydrogens (tertiary/aromatic N) is 1. The van der Waals surface area contributed by atoms with Crippen molar-refractivity contribution in [3.05, 3.63) is 29.1 Å². The average Bonchev–Trinajstić information content (AvgIpc) is 3.27. The molecule has 1 aromatic carbocycles. The third-order valence-corrected chi connectivity index (χ3v) is 4.56. The van der Waals surface area contributed by atoms with Crippen molar-refractivity contribution in [2.75, 3.05) is 26.2 Å². The van der Waals surface area contributed by atoms with E-state index in [-0.39, 0.29) is 11.8 Å². The van der Waals surface area contributed by atoms with Crippen LogP contribution in [0.3, 0.4) is 0 Å². The maximum Gasteiger partial charge on any atom is 0.165 e. The molecule has 2 fully saturated rings. The quantitative estimate of drug-likeness (QED) is 0.888. The maximum atomic E-state index is 13.8. The summed E-state index contributed by atoms with van der Waals surface area (Å²) in [5.74, 6) is 0.104. The maximum absolute atomic E-state index is 13.8. The van der Waals surface area contributed by atoms with Crippen molar-refractivity contribution in [1.82, 2.24) is 10.2 Å². The molecule has 1 saturated heterocycles. The van der Waals surface area contributed by atoms with Gasteiger partial charge >= 0.3 is 0 Å². The first kappa shape index (κ1) is 13.8. The zero-order chi connectivity index (χ0) is 14.1. The number of hydrogen-bond donors (Lipinski definition) is 2. The standard InChI is InChI=1S/C16H23FN2O/c1-11-2-5-13(17)16(20)15(11)14(10-12-3-4-12)19-8-6-18-7-9-19/h2,5,12,14,18,20H,3-4,6-10H2,1H3/t14-/m0/s1. The van der Waals surface area contributed by atoms with Gasteiger partial charge < -0.3 is 10.4 Å². The normalized spacial score (nSPS) is 21.9. The van der Waals surface area contributed by atoms with Crippen molar-refractivity contribution in [1.29, 1.82) is 0 Å². The summed E-state index contributed by atoms with van der Waals surface area (Å²) >= 11 is 0. The Labute approximate surface area is 119 Å². The minimum Gasteiger partial charge on any atom is -0.505 e. The zero-order valence-electron chi connectivity index (χ0n) is 12.0. The Balaban J connectivity index is 1.93. The van der Waals surface area contributed by atoms with E-state index < -0.39 is 5.82 Å². The Morgan fingerprint density at radius 1 is 1.35 bits per heavy atom. The number of nitrogens with one attached hydrogen (secondary N) is 1. The van der Waals surface area contributed by atoms with E-state index in [0.29, 0.717) is 0 Å². The lowest BCUT2D eigenvalue weighted by Gasteiger charge is -2.36. The van der Waals surface area contributed by atoms with Crippen LogP contribution in [0.2, 0.25) is 0 Å². The van der Waals surface area contributed by atoms with Gasteiger partial charge in [0.2, 0.25) is 0 Å². The Hall–Kier alpha value is -1.13. The van der Waals surface area contributed by atoms with Gasteiger partial charge in [0.05, 0.1) is 0 Å². The van der Waals surface area contributed by atoms with Crippen molar-refractivity contribution in [3.63, 3.8) is 0 Å². The molecule has 0 amide bonds. The second-order valence-electron chi connectivity index (χ2n) is 6.11. The van der Waals surface area contributed by atoms with Crippen molar-refractivity contribution >= 4 is 0 Å². The highest BCUT2D eigenvalue weighted by Crippen LogP contribution is 2.43. The lowest BCUT2D eigenvalue weighted by molar-refractivity contribution is 0.157. The Bertz CT molecular complexity index is 482. The number of aryl methyl sites for hydroxylation is 1. The van der Waals surface area contributed by atoms with Crippen LogP contribution in [0.15, 0.2) is 12.1 Å². The molecule has 0 spiro atoms. The SMILES string of the molecule is Cc1ccc(F)c(O)c1[C@H](CC1CC1)N1CCNCC1. The molecule has 110 valence electrons. The minimum absolute atomic E-state index is 0.144. The van der Waals surface area contributed by atoms with E-state index in [2.05, 4.69) is 10.2 Å². The van der Waals surface area contributed by atoms with Gasteiger partial charge in [-0.15, -0.1) is 0 Å². The average molecular weight is 278 g/mol.